The topological polar surface area (TPSA) is 88.9 Å². The molecule has 0 aliphatic heterocycles. The summed E-state index contributed by atoms with van der Waals surface area (Å²) < 4.78 is 0. The van der Waals surface area contributed by atoms with E-state index >= 15 is 0 Å². The van der Waals surface area contributed by atoms with Crippen LogP contribution in [0.25, 0.3) is 10.9 Å². The van der Waals surface area contributed by atoms with E-state index in [-0.39, 0.29) is 29.5 Å². The van der Waals surface area contributed by atoms with Crippen LogP contribution in [0.4, 0.5) is 0 Å². The fourth-order valence-corrected chi connectivity index (χ4v) is 4.04. The van der Waals surface area contributed by atoms with E-state index in [1.54, 1.807) is 18.2 Å². The molecular weight excluding hydrogens is 338 g/mol. The third-order valence-electron chi connectivity index (χ3n) is 5.33. The van der Waals surface area contributed by atoms with Gasteiger partial charge in [0.1, 0.15) is 5.75 Å². The number of H-pyrrole nitrogens is 1. The van der Waals surface area contributed by atoms with Crippen LogP contribution in [0.5, 0.6) is 5.75 Å². The Bertz CT molecular complexity index is 1090. The maximum atomic E-state index is 12.7. The normalized spacial score (nSPS) is 17.4. The summed E-state index contributed by atoms with van der Waals surface area (Å²) in [4.78, 5) is 15.9. The van der Waals surface area contributed by atoms with Crippen molar-refractivity contribution < 1.29 is 9.90 Å². The molecule has 0 spiro atoms. The second-order valence-corrected chi connectivity index (χ2v) is 7.93. The summed E-state index contributed by atoms with van der Waals surface area (Å²) in [5, 5.41) is 22.8. The van der Waals surface area contributed by atoms with E-state index in [1.165, 1.54) is 5.56 Å². The Hall–Kier alpha value is -3.26. The van der Waals surface area contributed by atoms with E-state index < -0.39 is 0 Å². The highest BCUT2D eigenvalue weighted by Gasteiger charge is 2.39. The van der Waals surface area contributed by atoms with Crippen molar-refractivity contribution in [1.82, 2.24) is 10.3 Å². The quantitative estimate of drug-likeness (QED) is 0.666. The van der Waals surface area contributed by atoms with Gasteiger partial charge >= 0.3 is 0 Å². The monoisotopic (exact) mass is 359 g/mol. The van der Waals surface area contributed by atoms with Crippen LogP contribution >= 0.6 is 0 Å². The lowest BCUT2D eigenvalue weighted by Crippen LogP contribution is -2.36. The lowest BCUT2D eigenvalue weighted by molar-refractivity contribution is -0.122. The minimum Gasteiger partial charge on any atom is -0.508 e. The summed E-state index contributed by atoms with van der Waals surface area (Å²) in [5.41, 5.74) is 4.41. The second kappa shape index (κ2) is 6.17. The van der Waals surface area contributed by atoms with E-state index in [4.69, 9.17) is 0 Å². The number of aromatic amines is 1. The number of phenolic OH excluding ortho intramolecular Hbond substituents is 1. The Balaban J connectivity index is 1.56. The van der Waals surface area contributed by atoms with Crippen molar-refractivity contribution in [1.29, 1.82) is 5.26 Å². The first-order valence-corrected chi connectivity index (χ1v) is 8.98. The largest absolute Gasteiger partial charge is 0.508 e. The van der Waals surface area contributed by atoms with E-state index in [0.29, 0.717) is 5.56 Å². The number of nitriles is 1. The van der Waals surface area contributed by atoms with Crippen molar-refractivity contribution in [2.24, 2.45) is 5.41 Å². The van der Waals surface area contributed by atoms with Crippen LogP contribution in [0.3, 0.4) is 0 Å². The highest BCUT2D eigenvalue weighted by Crippen LogP contribution is 2.45. The summed E-state index contributed by atoms with van der Waals surface area (Å²) in [6.45, 7) is 4.27. The van der Waals surface area contributed by atoms with Gasteiger partial charge in [-0.1, -0.05) is 19.9 Å². The van der Waals surface area contributed by atoms with Gasteiger partial charge in [0.05, 0.1) is 24.1 Å². The average molecular weight is 359 g/mol. The lowest BCUT2D eigenvalue weighted by atomic mass is 9.85. The molecule has 0 saturated carbocycles. The molecule has 3 aromatic rings. The third kappa shape index (κ3) is 3.15. The molecule has 0 unspecified atom stereocenters. The number of amides is 1. The zero-order valence-corrected chi connectivity index (χ0v) is 15.3. The summed E-state index contributed by atoms with van der Waals surface area (Å²) in [5.74, 6) is 0.133. The molecule has 3 N–H and O–H groups in total. The van der Waals surface area contributed by atoms with Gasteiger partial charge in [-0.15, -0.1) is 0 Å². The average Bonchev–Trinajstić information content (AvgIpc) is 3.11. The molecule has 1 aromatic heterocycles. The SMILES string of the molecule is CC1(C)Cc2ccc(C#N)cc2[C@@H]1NC(=O)Cc1cc2cc(O)ccc2[nH]1. The van der Waals surface area contributed by atoms with Gasteiger partial charge in [0.15, 0.2) is 0 Å². The van der Waals surface area contributed by atoms with Gasteiger partial charge in [-0.3, -0.25) is 4.79 Å². The molecule has 5 nitrogen and oxygen atoms in total. The number of hydrogen-bond acceptors (Lipinski definition) is 3. The summed E-state index contributed by atoms with van der Waals surface area (Å²) in [6, 6.07) is 14.7. The van der Waals surface area contributed by atoms with Gasteiger partial charge in [-0.05, 0) is 59.4 Å². The van der Waals surface area contributed by atoms with Gasteiger partial charge in [-0.25, -0.2) is 0 Å². The third-order valence-corrected chi connectivity index (χ3v) is 5.33. The van der Waals surface area contributed by atoms with Crippen molar-refractivity contribution in [2.75, 3.05) is 0 Å². The highest BCUT2D eigenvalue weighted by molar-refractivity contribution is 5.85. The molecule has 5 heteroatoms. The Morgan fingerprint density at radius 1 is 1.30 bits per heavy atom. The van der Waals surface area contributed by atoms with E-state index in [2.05, 4.69) is 30.2 Å². The molecule has 1 amide bonds. The van der Waals surface area contributed by atoms with E-state index in [9.17, 15) is 15.2 Å². The number of aromatic hydroxyl groups is 1. The zero-order chi connectivity index (χ0) is 19.2. The van der Waals surface area contributed by atoms with Crippen LogP contribution in [-0.2, 0) is 17.6 Å². The molecular formula is C22H21N3O2. The Morgan fingerprint density at radius 3 is 2.89 bits per heavy atom. The number of phenols is 1. The van der Waals surface area contributed by atoms with Crippen molar-refractivity contribution >= 4 is 16.8 Å². The smallest absolute Gasteiger partial charge is 0.226 e. The lowest BCUT2D eigenvalue weighted by Gasteiger charge is -2.28. The fourth-order valence-electron chi connectivity index (χ4n) is 4.04. The number of rotatable bonds is 3. The van der Waals surface area contributed by atoms with Gasteiger partial charge in [0.2, 0.25) is 5.91 Å². The van der Waals surface area contributed by atoms with Gasteiger partial charge in [-0.2, -0.15) is 5.26 Å². The van der Waals surface area contributed by atoms with Crippen LogP contribution in [0.2, 0.25) is 0 Å². The molecule has 0 saturated heterocycles. The van der Waals surface area contributed by atoms with Crippen molar-refractivity contribution in [3.05, 3.63) is 64.8 Å². The number of aromatic nitrogens is 1. The van der Waals surface area contributed by atoms with E-state index in [0.717, 1.165) is 28.6 Å². The Kier molecular flexibility index (Phi) is 3.92. The number of hydrogen-bond donors (Lipinski definition) is 3. The summed E-state index contributed by atoms with van der Waals surface area (Å²) in [7, 11) is 0. The number of carbonyl (C=O) groups excluding carboxylic acids is 1. The first kappa shape index (κ1) is 17.2. The van der Waals surface area contributed by atoms with Crippen LogP contribution < -0.4 is 5.32 Å². The Morgan fingerprint density at radius 2 is 2.11 bits per heavy atom. The first-order valence-electron chi connectivity index (χ1n) is 8.98. The van der Waals surface area contributed by atoms with Gasteiger partial charge in [0.25, 0.3) is 0 Å². The first-order chi connectivity index (χ1) is 12.9. The minimum absolute atomic E-state index is 0.0703. The van der Waals surface area contributed by atoms with Crippen molar-refractivity contribution in [3.63, 3.8) is 0 Å². The van der Waals surface area contributed by atoms with Crippen LogP contribution in [0.1, 0.15) is 42.3 Å². The molecule has 0 bridgehead atoms. The molecule has 1 aliphatic rings. The molecule has 0 radical (unpaired) electrons. The van der Waals surface area contributed by atoms with E-state index in [1.807, 2.05) is 24.3 Å². The number of nitrogens with one attached hydrogen (secondary N) is 2. The predicted octanol–water partition coefficient (Wildman–Crippen LogP) is 3.73. The number of nitrogens with zero attached hydrogens (tertiary/aromatic N) is 1. The molecule has 4 rings (SSSR count). The minimum atomic E-state index is -0.123. The standard InChI is InChI=1S/C22H21N3O2/c1-22(2)11-14-4-3-13(12-23)7-18(14)21(22)25-20(27)10-16-8-15-9-17(26)5-6-19(15)24-16/h3-9,21,24,26H,10-11H2,1-2H3,(H,25,27)/t21-/m0/s1. The second-order valence-electron chi connectivity index (χ2n) is 7.93. The van der Waals surface area contributed by atoms with Crippen LogP contribution in [0, 0.1) is 16.7 Å². The molecule has 2 aromatic carbocycles. The maximum Gasteiger partial charge on any atom is 0.226 e. The highest BCUT2D eigenvalue weighted by atomic mass is 16.3. The molecule has 1 heterocycles. The predicted molar refractivity (Wildman–Crippen MR) is 103 cm³/mol. The van der Waals surface area contributed by atoms with Crippen LogP contribution in [0.15, 0.2) is 42.5 Å². The molecule has 1 aliphatic carbocycles. The van der Waals surface area contributed by atoms with Gasteiger partial charge < -0.3 is 15.4 Å². The number of benzene rings is 2. The zero-order valence-electron chi connectivity index (χ0n) is 15.3. The van der Waals surface area contributed by atoms with Crippen molar-refractivity contribution in [2.45, 2.75) is 32.7 Å². The molecule has 27 heavy (non-hydrogen) atoms. The summed E-state index contributed by atoms with van der Waals surface area (Å²) in [6.07, 6.45) is 1.10. The summed E-state index contributed by atoms with van der Waals surface area (Å²) >= 11 is 0. The van der Waals surface area contributed by atoms with Gasteiger partial charge in [0, 0.05) is 16.6 Å². The van der Waals surface area contributed by atoms with Crippen molar-refractivity contribution in [3.8, 4) is 11.8 Å². The maximum absolute atomic E-state index is 12.7. The fraction of sp³-hybridized carbons (Fsp3) is 0.273. The number of fused-ring (bicyclic) bond motifs is 2. The molecule has 136 valence electrons. The Labute approximate surface area is 157 Å². The number of carbonyl (C=O) groups is 1. The molecule has 0 fully saturated rings. The molecule has 1 atom stereocenters. The van der Waals surface area contributed by atoms with Crippen LogP contribution in [-0.4, -0.2) is 16.0 Å².